The maximum atomic E-state index is 11.6. The summed E-state index contributed by atoms with van der Waals surface area (Å²) in [5.74, 6) is -0.481. The van der Waals surface area contributed by atoms with Crippen LogP contribution in [0.25, 0.3) is 6.08 Å². The Morgan fingerprint density at radius 3 is 2.46 bits per heavy atom. The number of rotatable bonds is 8. The molecule has 7 nitrogen and oxygen atoms in total. The molecule has 0 bridgehead atoms. The summed E-state index contributed by atoms with van der Waals surface area (Å²) < 4.78 is 20.1. The molecule has 7 heteroatoms. The third-order valence-corrected chi connectivity index (χ3v) is 2.77. The lowest BCUT2D eigenvalue weighted by Crippen LogP contribution is -2.14. The highest BCUT2D eigenvalue weighted by atomic mass is 16.6. The molecular weight excluding hydrogens is 314 g/mol. The maximum absolute atomic E-state index is 11.6. The van der Waals surface area contributed by atoms with Crippen molar-refractivity contribution in [1.29, 1.82) is 5.26 Å². The molecule has 0 unspecified atom stereocenters. The minimum absolute atomic E-state index is 0.126. The van der Waals surface area contributed by atoms with Crippen molar-refractivity contribution < 1.29 is 28.5 Å². The van der Waals surface area contributed by atoms with E-state index < -0.39 is 11.9 Å². The van der Waals surface area contributed by atoms with Gasteiger partial charge in [0, 0.05) is 0 Å². The fraction of sp³-hybridized carbons (Fsp3) is 0.353. The van der Waals surface area contributed by atoms with Crippen molar-refractivity contribution in [3.05, 3.63) is 29.3 Å². The number of carbonyl (C=O) groups is 2. The standard InChI is InChI=1S/C17H19NO6/c1-4-22-16(19)11-24-14-7-6-12(9-15(14)21-3)8-13(10-18)17(20)23-5-2/h6-9H,4-5,11H2,1-3H3/b13-8+. The number of methoxy groups -OCH3 is 1. The average Bonchev–Trinajstić information content (AvgIpc) is 2.58. The number of esters is 2. The number of carbonyl (C=O) groups excluding carboxylic acids is 2. The van der Waals surface area contributed by atoms with E-state index in [9.17, 15) is 9.59 Å². The van der Waals surface area contributed by atoms with Crippen LogP contribution in [0.2, 0.25) is 0 Å². The van der Waals surface area contributed by atoms with Crippen molar-refractivity contribution in [3.63, 3.8) is 0 Å². The van der Waals surface area contributed by atoms with Crippen LogP contribution < -0.4 is 9.47 Å². The van der Waals surface area contributed by atoms with Crippen molar-refractivity contribution in [3.8, 4) is 17.6 Å². The molecule has 0 aliphatic rings. The SMILES string of the molecule is CCOC(=O)COc1ccc(/C=C(\C#N)C(=O)OCC)cc1OC. The third kappa shape index (κ3) is 5.65. The lowest BCUT2D eigenvalue weighted by molar-refractivity contribution is -0.145. The zero-order chi connectivity index (χ0) is 17.9. The topological polar surface area (TPSA) is 94.9 Å². The van der Waals surface area contributed by atoms with E-state index in [-0.39, 0.29) is 25.4 Å². The van der Waals surface area contributed by atoms with Gasteiger partial charge in [-0.2, -0.15) is 5.26 Å². The summed E-state index contributed by atoms with van der Waals surface area (Å²) in [5, 5.41) is 9.03. The fourth-order valence-corrected chi connectivity index (χ4v) is 1.74. The van der Waals surface area contributed by atoms with E-state index in [4.69, 9.17) is 24.2 Å². The van der Waals surface area contributed by atoms with Crippen LogP contribution in [0.15, 0.2) is 23.8 Å². The Morgan fingerprint density at radius 2 is 1.88 bits per heavy atom. The Kier molecular flexibility index (Phi) is 7.85. The molecule has 0 aliphatic heterocycles. The Hall–Kier alpha value is -3.01. The molecular formula is C17H19NO6. The van der Waals surface area contributed by atoms with Crippen LogP contribution in [-0.2, 0) is 19.1 Å². The molecule has 0 radical (unpaired) electrons. The van der Waals surface area contributed by atoms with Crippen LogP contribution in [0.3, 0.4) is 0 Å². The van der Waals surface area contributed by atoms with Gasteiger partial charge in [0.2, 0.25) is 0 Å². The van der Waals surface area contributed by atoms with Gasteiger partial charge in [0.1, 0.15) is 11.6 Å². The summed E-state index contributed by atoms with van der Waals surface area (Å²) in [7, 11) is 1.44. The molecule has 0 atom stereocenters. The molecule has 128 valence electrons. The molecule has 0 amide bonds. The van der Waals surface area contributed by atoms with Gasteiger partial charge in [-0.1, -0.05) is 6.07 Å². The highest BCUT2D eigenvalue weighted by Gasteiger charge is 2.12. The zero-order valence-electron chi connectivity index (χ0n) is 13.8. The van der Waals surface area contributed by atoms with E-state index in [2.05, 4.69) is 0 Å². The maximum Gasteiger partial charge on any atom is 0.348 e. The molecule has 1 aromatic carbocycles. The van der Waals surface area contributed by atoms with Gasteiger partial charge < -0.3 is 18.9 Å². The molecule has 0 spiro atoms. The summed E-state index contributed by atoms with van der Waals surface area (Å²) in [6.45, 7) is 3.57. The lowest BCUT2D eigenvalue weighted by atomic mass is 10.1. The van der Waals surface area contributed by atoms with Crippen LogP contribution in [0.1, 0.15) is 19.4 Å². The van der Waals surface area contributed by atoms with E-state index >= 15 is 0 Å². The highest BCUT2D eigenvalue weighted by Crippen LogP contribution is 2.29. The van der Waals surface area contributed by atoms with E-state index in [0.717, 1.165) is 0 Å². The van der Waals surface area contributed by atoms with Crippen LogP contribution in [0, 0.1) is 11.3 Å². The van der Waals surface area contributed by atoms with Gasteiger partial charge in [-0.25, -0.2) is 9.59 Å². The normalized spacial score (nSPS) is 10.5. The Balaban J connectivity index is 2.95. The van der Waals surface area contributed by atoms with E-state index in [0.29, 0.717) is 17.1 Å². The predicted molar refractivity (Wildman–Crippen MR) is 85.3 cm³/mol. The Labute approximate surface area is 140 Å². The molecule has 1 rings (SSSR count). The fourth-order valence-electron chi connectivity index (χ4n) is 1.74. The second kappa shape index (κ2) is 9.90. The predicted octanol–water partition coefficient (Wildman–Crippen LogP) is 2.11. The van der Waals surface area contributed by atoms with E-state index in [1.807, 2.05) is 0 Å². The van der Waals surface area contributed by atoms with Crippen LogP contribution in [0.4, 0.5) is 0 Å². The number of benzene rings is 1. The summed E-state index contributed by atoms with van der Waals surface area (Å²) in [6.07, 6.45) is 1.38. The van der Waals surface area contributed by atoms with Crippen molar-refractivity contribution >= 4 is 18.0 Å². The second-order valence-corrected chi connectivity index (χ2v) is 4.39. The largest absolute Gasteiger partial charge is 0.493 e. The van der Waals surface area contributed by atoms with Crippen molar-refractivity contribution in [1.82, 2.24) is 0 Å². The van der Waals surface area contributed by atoms with Gasteiger partial charge in [-0.3, -0.25) is 0 Å². The number of ether oxygens (including phenoxy) is 4. The minimum atomic E-state index is -0.693. The van der Waals surface area contributed by atoms with E-state index in [1.54, 1.807) is 38.1 Å². The first-order valence-electron chi connectivity index (χ1n) is 7.31. The summed E-state index contributed by atoms with van der Waals surface area (Å²) >= 11 is 0. The first-order valence-corrected chi connectivity index (χ1v) is 7.31. The average molecular weight is 333 g/mol. The summed E-state index contributed by atoms with van der Waals surface area (Å²) in [5.41, 5.74) is 0.430. The minimum Gasteiger partial charge on any atom is -0.493 e. The first-order chi connectivity index (χ1) is 11.5. The van der Waals surface area contributed by atoms with Gasteiger partial charge in [-0.15, -0.1) is 0 Å². The van der Waals surface area contributed by atoms with E-state index in [1.165, 1.54) is 13.2 Å². The first kappa shape index (κ1) is 19.0. The lowest BCUT2D eigenvalue weighted by Gasteiger charge is -2.11. The van der Waals surface area contributed by atoms with Crippen LogP contribution >= 0.6 is 0 Å². The Bertz CT molecular complexity index is 660. The van der Waals surface area contributed by atoms with Crippen LogP contribution in [-0.4, -0.2) is 38.9 Å². The van der Waals surface area contributed by atoms with Crippen molar-refractivity contribution in [2.45, 2.75) is 13.8 Å². The molecule has 24 heavy (non-hydrogen) atoms. The van der Waals surface area contributed by atoms with Gasteiger partial charge in [-0.05, 0) is 37.6 Å². The highest BCUT2D eigenvalue weighted by molar-refractivity contribution is 5.97. The smallest absolute Gasteiger partial charge is 0.348 e. The van der Waals surface area contributed by atoms with Crippen molar-refractivity contribution in [2.75, 3.05) is 26.9 Å². The zero-order valence-corrected chi connectivity index (χ0v) is 13.8. The van der Waals surface area contributed by atoms with Gasteiger partial charge in [0.25, 0.3) is 0 Å². The number of hydrogen-bond donors (Lipinski definition) is 0. The molecule has 0 saturated carbocycles. The Morgan fingerprint density at radius 1 is 1.17 bits per heavy atom. The van der Waals surface area contributed by atoms with Gasteiger partial charge in [0.15, 0.2) is 18.1 Å². The molecule has 0 N–H and O–H groups in total. The monoisotopic (exact) mass is 333 g/mol. The summed E-state index contributed by atoms with van der Waals surface area (Å²) in [4.78, 5) is 22.9. The summed E-state index contributed by atoms with van der Waals surface area (Å²) in [6, 6.07) is 6.57. The van der Waals surface area contributed by atoms with Crippen molar-refractivity contribution in [2.24, 2.45) is 0 Å². The molecule has 0 aromatic heterocycles. The van der Waals surface area contributed by atoms with Crippen LogP contribution in [0.5, 0.6) is 11.5 Å². The molecule has 0 heterocycles. The van der Waals surface area contributed by atoms with Gasteiger partial charge >= 0.3 is 11.9 Å². The number of hydrogen-bond acceptors (Lipinski definition) is 7. The van der Waals surface area contributed by atoms with Gasteiger partial charge in [0.05, 0.1) is 20.3 Å². The molecule has 0 aliphatic carbocycles. The third-order valence-electron chi connectivity index (χ3n) is 2.77. The number of nitriles is 1. The number of nitrogens with zero attached hydrogens (tertiary/aromatic N) is 1. The quantitative estimate of drug-likeness (QED) is 0.408. The molecule has 0 fully saturated rings. The second-order valence-electron chi connectivity index (χ2n) is 4.39. The molecule has 0 saturated heterocycles. The molecule has 1 aromatic rings.